The van der Waals surface area contributed by atoms with Gasteiger partial charge in [0.2, 0.25) is 5.71 Å². The van der Waals surface area contributed by atoms with Crippen molar-refractivity contribution in [3.8, 4) is 5.75 Å². The van der Waals surface area contributed by atoms with Crippen LogP contribution in [0.3, 0.4) is 0 Å². The molecule has 0 amide bonds. The third-order valence-corrected chi connectivity index (χ3v) is 5.27. The van der Waals surface area contributed by atoms with Gasteiger partial charge in [-0.1, -0.05) is 6.07 Å². The highest BCUT2D eigenvalue weighted by Gasteiger charge is 2.58. The second kappa shape index (κ2) is 6.01. The van der Waals surface area contributed by atoms with E-state index in [0.29, 0.717) is 21.8 Å². The second-order valence-electron chi connectivity index (χ2n) is 5.76. The predicted octanol–water partition coefficient (Wildman–Crippen LogP) is 2.75. The monoisotopic (exact) mass is 346 g/mol. The zero-order chi connectivity index (χ0) is 17.5. The summed E-state index contributed by atoms with van der Waals surface area (Å²) in [6, 6.07) is 9.51. The fraction of sp³-hybridized carbons (Fsp3) is 0.294. The van der Waals surface area contributed by atoms with Crippen LogP contribution in [-0.2, 0) is 0 Å². The summed E-state index contributed by atoms with van der Waals surface area (Å²) in [6.45, 7) is 3.14. The summed E-state index contributed by atoms with van der Waals surface area (Å²) < 4.78 is 5.70. The average molecular weight is 346 g/mol. The third-order valence-electron chi connectivity index (χ3n) is 4.38. The van der Waals surface area contributed by atoms with Gasteiger partial charge in [0.25, 0.3) is 5.78 Å². The van der Waals surface area contributed by atoms with Gasteiger partial charge in [-0.15, -0.1) is 16.4 Å². The Labute approximate surface area is 143 Å². The molecule has 0 spiro atoms. The molecule has 0 fully saturated rings. The molecule has 0 saturated heterocycles. The maximum Gasteiger partial charge on any atom is 0.312 e. The lowest BCUT2D eigenvalue weighted by atomic mass is 9.99. The first-order valence-corrected chi connectivity index (χ1v) is 8.34. The summed E-state index contributed by atoms with van der Waals surface area (Å²) in [6.07, 6.45) is 0. The number of methoxy groups -OCH3 is 1. The minimum absolute atomic E-state index is 0.331. The van der Waals surface area contributed by atoms with Crippen LogP contribution in [0.4, 0.5) is 0 Å². The molecule has 24 heavy (non-hydrogen) atoms. The second-order valence-corrected chi connectivity index (χ2v) is 6.70. The summed E-state index contributed by atoms with van der Waals surface area (Å²) in [5, 5.41) is 26.1. The van der Waals surface area contributed by atoms with E-state index in [1.807, 2.05) is 11.4 Å². The highest BCUT2D eigenvalue weighted by Crippen LogP contribution is 2.32. The molecule has 0 unspecified atom stereocenters. The van der Waals surface area contributed by atoms with E-state index in [9.17, 15) is 15.2 Å². The van der Waals surface area contributed by atoms with Gasteiger partial charge in [0.15, 0.2) is 0 Å². The van der Waals surface area contributed by atoms with Crippen LogP contribution in [-0.4, -0.2) is 45.3 Å². The van der Waals surface area contributed by atoms with Gasteiger partial charge in [-0.2, -0.15) is 4.74 Å². The van der Waals surface area contributed by atoms with E-state index >= 15 is 0 Å². The molecule has 1 aliphatic rings. The molecule has 7 heteroatoms. The van der Waals surface area contributed by atoms with Crippen molar-refractivity contribution in [2.75, 3.05) is 7.11 Å². The van der Waals surface area contributed by atoms with Crippen molar-refractivity contribution in [2.24, 2.45) is 0 Å². The van der Waals surface area contributed by atoms with Crippen LogP contribution >= 0.6 is 11.3 Å². The molecule has 2 heterocycles. The molecule has 1 aromatic heterocycles. The number of carbonyl (C=O) groups is 1. The standard InChI is InChI=1S/C17H18N2O4S/c1-11-15(14-5-4-10-24-14)19(22)17(2,18(11)21)16(20)12-6-8-13(23-3)9-7-12/h4-11,21H,1-3H3/t11-,17+/m1/s1. The van der Waals surface area contributed by atoms with Crippen LogP contribution < -0.4 is 4.74 Å². The summed E-state index contributed by atoms with van der Waals surface area (Å²) in [4.78, 5) is 13.7. The fourth-order valence-corrected chi connectivity index (χ4v) is 3.77. The lowest BCUT2D eigenvalue weighted by molar-refractivity contribution is -0.561. The number of rotatable bonds is 4. The Bertz CT molecular complexity index is 785. The van der Waals surface area contributed by atoms with Crippen molar-refractivity contribution in [1.29, 1.82) is 0 Å². The quantitative estimate of drug-likeness (QED) is 0.523. The van der Waals surface area contributed by atoms with Crippen molar-refractivity contribution in [1.82, 2.24) is 5.06 Å². The highest BCUT2D eigenvalue weighted by atomic mass is 32.1. The van der Waals surface area contributed by atoms with Gasteiger partial charge in [0.05, 0.1) is 12.0 Å². The van der Waals surface area contributed by atoms with Crippen LogP contribution in [0.25, 0.3) is 0 Å². The molecule has 3 rings (SSSR count). The zero-order valence-corrected chi connectivity index (χ0v) is 14.4. The molecule has 1 aromatic carbocycles. The smallest absolute Gasteiger partial charge is 0.312 e. The molecule has 2 aromatic rings. The molecule has 0 aliphatic carbocycles. The maximum atomic E-state index is 13.0. The van der Waals surface area contributed by atoms with E-state index in [4.69, 9.17) is 4.74 Å². The Kier molecular flexibility index (Phi) is 4.16. The molecule has 126 valence electrons. The highest BCUT2D eigenvalue weighted by molar-refractivity contribution is 7.12. The van der Waals surface area contributed by atoms with Crippen LogP contribution in [0.5, 0.6) is 5.75 Å². The fourth-order valence-electron chi connectivity index (χ4n) is 2.93. The first-order chi connectivity index (χ1) is 11.4. The van der Waals surface area contributed by atoms with Gasteiger partial charge >= 0.3 is 5.66 Å². The Morgan fingerprint density at radius 1 is 1.38 bits per heavy atom. The van der Waals surface area contributed by atoms with Crippen LogP contribution in [0.2, 0.25) is 0 Å². The first kappa shape index (κ1) is 16.6. The number of carbonyl (C=O) groups excluding carboxylic acids is 1. The van der Waals surface area contributed by atoms with E-state index in [2.05, 4.69) is 0 Å². The van der Waals surface area contributed by atoms with Gasteiger partial charge in [0.1, 0.15) is 11.8 Å². The Balaban J connectivity index is 2.05. The largest absolute Gasteiger partial charge is 0.622 e. The van der Waals surface area contributed by atoms with E-state index in [-0.39, 0.29) is 0 Å². The Hall–Kier alpha value is -2.22. The number of hydrogen-bond acceptors (Lipinski definition) is 6. The van der Waals surface area contributed by atoms with Crippen molar-refractivity contribution < 1.29 is 19.5 Å². The normalized spacial score (nSPS) is 24.4. The van der Waals surface area contributed by atoms with Gasteiger partial charge in [-0.3, -0.25) is 4.79 Å². The molecule has 2 atom stereocenters. The van der Waals surface area contributed by atoms with Gasteiger partial charge in [-0.25, -0.2) is 0 Å². The van der Waals surface area contributed by atoms with Crippen LogP contribution in [0.1, 0.15) is 29.1 Å². The zero-order valence-electron chi connectivity index (χ0n) is 13.6. The lowest BCUT2D eigenvalue weighted by Gasteiger charge is -2.27. The van der Waals surface area contributed by atoms with Crippen molar-refractivity contribution in [3.63, 3.8) is 0 Å². The molecule has 0 bridgehead atoms. The number of hydrogen-bond donors (Lipinski definition) is 1. The first-order valence-electron chi connectivity index (χ1n) is 7.46. The summed E-state index contributed by atoms with van der Waals surface area (Å²) in [5.74, 6) is 0.142. The van der Waals surface area contributed by atoms with E-state index in [0.717, 1.165) is 9.94 Å². The average Bonchev–Trinajstić information content (AvgIpc) is 3.18. The van der Waals surface area contributed by atoms with Gasteiger partial charge in [-0.05, 0) is 42.6 Å². The molecular weight excluding hydrogens is 328 g/mol. The van der Waals surface area contributed by atoms with Crippen molar-refractivity contribution >= 4 is 22.8 Å². The number of benzene rings is 1. The van der Waals surface area contributed by atoms with Gasteiger partial charge in [0, 0.05) is 12.5 Å². The minimum Gasteiger partial charge on any atom is -0.622 e. The number of thiophene rings is 1. The number of ether oxygens (including phenoxy) is 1. The number of hydroxylamine groups is 3. The van der Waals surface area contributed by atoms with Crippen molar-refractivity contribution in [2.45, 2.75) is 25.6 Å². The van der Waals surface area contributed by atoms with E-state index in [1.165, 1.54) is 25.4 Å². The van der Waals surface area contributed by atoms with Crippen LogP contribution in [0.15, 0.2) is 41.8 Å². The minimum atomic E-state index is -1.71. The van der Waals surface area contributed by atoms with Crippen molar-refractivity contribution in [3.05, 3.63) is 57.4 Å². The lowest BCUT2D eigenvalue weighted by Crippen LogP contribution is -2.54. The molecule has 1 aliphatic heterocycles. The number of nitrogens with zero attached hydrogens (tertiary/aromatic N) is 2. The molecule has 1 N–H and O–H groups in total. The van der Waals surface area contributed by atoms with Gasteiger partial charge < -0.3 is 15.2 Å². The maximum absolute atomic E-state index is 13.0. The molecule has 0 saturated carbocycles. The Morgan fingerprint density at radius 2 is 2.04 bits per heavy atom. The topological polar surface area (TPSA) is 75.8 Å². The summed E-state index contributed by atoms with van der Waals surface area (Å²) >= 11 is 1.40. The molecule has 6 nitrogen and oxygen atoms in total. The predicted molar refractivity (Wildman–Crippen MR) is 90.9 cm³/mol. The van der Waals surface area contributed by atoms with Crippen LogP contribution in [0, 0.1) is 5.21 Å². The molecular formula is C17H18N2O4S. The number of ketones is 1. The Morgan fingerprint density at radius 3 is 2.58 bits per heavy atom. The SMILES string of the molecule is COc1ccc(C(=O)[C@@]2(C)N(O)[C@H](C)C(c3cccs3)=[N+]2[O-])cc1. The third kappa shape index (κ3) is 2.32. The summed E-state index contributed by atoms with van der Waals surface area (Å²) in [7, 11) is 1.54. The number of Topliss-reactive ketones (excluding diaryl/α,β-unsaturated/α-hetero) is 1. The summed E-state index contributed by atoms with van der Waals surface area (Å²) in [5.41, 5.74) is -0.998. The molecule has 0 radical (unpaired) electrons. The van der Waals surface area contributed by atoms with E-state index < -0.39 is 17.5 Å². The van der Waals surface area contributed by atoms with E-state index in [1.54, 1.807) is 37.3 Å².